The fourth-order valence-corrected chi connectivity index (χ4v) is 3.03. The zero-order valence-corrected chi connectivity index (χ0v) is 17.0. The second kappa shape index (κ2) is 9.01. The lowest BCUT2D eigenvalue weighted by molar-refractivity contribution is 0.134. The molecule has 0 spiro atoms. The van der Waals surface area contributed by atoms with Gasteiger partial charge in [-0.1, -0.05) is 12.1 Å². The van der Waals surface area contributed by atoms with Gasteiger partial charge in [0.2, 0.25) is 0 Å². The monoisotopic (exact) mass is 420 g/mol. The van der Waals surface area contributed by atoms with E-state index < -0.39 is 18.0 Å². The van der Waals surface area contributed by atoms with Crippen molar-refractivity contribution in [2.75, 3.05) is 25.9 Å². The summed E-state index contributed by atoms with van der Waals surface area (Å²) >= 11 is 1.14. The zero-order valence-electron chi connectivity index (χ0n) is 16.2. The summed E-state index contributed by atoms with van der Waals surface area (Å²) in [6.45, 7) is 0.305. The van der Waals surface area contributed by atoms with Gasteiger partial charge in [0.1, 0.15) is 11.5 Å². The van der Waals surface area contributed by atoms with Gasteiger partial charge in [0.25, 0.3) is 0 Å². The van der Waals surface area contributed by atoms with Crippen LogP contribution in [0, 0.1) is 5.82 Å². The highest BCUT2D eigenvalue weighted by Gasteiger charge is 2.27. The quantitative estimate of drug-likeness (QED) is 0.691. The molecule has 154 valence electrons. The fourth-order valence-electron chi connectivity index (χ4n) is 2.66. The van der Waals surface area contributed by atoms with Crippen LogP contribution in [-0.4, -0.2) is 43.1 Å². The van der Waals surface area contributed by atoms with Crippen molar-refractivity contribution in [1.82, 2.24) is 14.5 Å². The zero-order chi connectivity index (χ0) is 21.0. The maximum atomic E-state index is 14.7. The van der Waals surface area contributed by atoms with Gasteiger partial charge < -0.3 is 19.1 Å². The number of nitrogens with one attached hydrogen (secondary N) is 2. The molecule has 0 saturated carbocycles. The van der Waals surface area contributed by atoms with E-state index in [1.165, 1.54) is 15.9 Å². The van der Waals surface area contributed by atoms with Crippen LogP contribution in [0.25, 0.3) is 0 Å². The number of halogens is 1. The van der Waals surface area contributed by atoms with Crippen LogP contribution in [0.4, 0.5) is 19.7 Å². The highest BCUT2D eigenvalue weighted by molar-refractivity contribution is 7.98. The van der Waals surface area contributed by atoms with Gasteiger partial charge in [-0.25, -0.2) is 18.7 Å². The summed E-state index contributed by atoms with van der Waals surface area (Å²) in [5.41, 5.74) is 1.42. The number of carbonyl (C=O) groups excluding carboxylic acids is 2. The summed E-state index contributed by atoms with van der Waals surface area (Å²) in [6.07, 6.45) is -1.13. The highest BCUT2D eigenvalue weighted by atomic mass is 32.2. The molecular weight excluding hydrogens is 399 g/mol. The largest absolute Gasteiger partial charge is 0.415 e. The number of anilines is 1. The molecule has 0 atom stereocenters. The minimum Gasteiger partial charge on any atom is -0.410 e. The van der Waals surface area contributed by atoms with E-state index in [-0.39, 0.29) is 18.8 Å². The number of ether oxygens (including phenoxy) is 2. The van der Waals surface area contributed by atoms with E-state index in [0.29, 0.717) is 17.0 Å². The molecule has 1 heterocycles. The smallest absolute Gasteiger partial charge is 0.410 e. The first-order chi connectivity index (χ1) is 13.9. The van der Waals surface area contributed by atoms with E-state index in [9.17, 15) is 14.0 Å². The third-order valence-corrected chi connectivity index (χ3v) is 4.65. The Labute approximate surface area is 172 Å². The standard InChI is InChI=1S/C19H21FN4O4S/c1-21-29-22-15-6-4-5-13(17(15)20)11-24-10-12-7-8-14(27-18(25)23(2)3)9-16(12)28-19(24)26/h4-9,21-22H,10-11H2,1-3H3. The van der Waals surface area contributed by atoms with Crippen molar-refractivity contribution in [3.8, 4) is 11.5 Å². The second-order valence-corrected chi connectivity index (χ2v) is 7.26. The van der Waals surface area contributed by atoms with Crippen LogP contribution < -0.4 is 18.9 Å². The first-order valence-corrected chi connectivity index (χ1v) is 9.55. The number of fused-ring (bicyclic) bond motifs is 1. The molecule has 3 rings (SSSR count). The summed E-state index contributed by atoms with van der Waals surface area (Å²) in [4.78, 5) is 26.8. The SMILES string of the molecule is CNSNc1cccc(CN2Cc3ccc(OC(=O)N(C)C)cc3OC2=O)c1F. The molecule has 2 aromatic rings. The van der Waals surface area contributed by atoms with Gasteiger partial charge in [0, 0.05) is 43.4 Å². The average Bonchev–Trinajstić information content (AvgIpc) is 2.69. The fraction of sp³-hybridized carbons (Fsp3) is 0.263. The number of amides is 2. The van der Waals surface area contributed by atoms with Gasteiger partial charge in [-0.15, -0.1) is 0 Å². The third kappa shape index (κ3) is 4.90. The molecule has 29 heavy (non-hydrogen) atoms. The number of hydrogen-bond donors (Lipinski definition) is 2. The molecule has 8 nitrogen and oxygen atoms in total. The number of rotatable bonds is 6. The van der Waals surface area contributed by atoms with Crippen molar-refractivity contribution in [2.24, 2.45) is 0 Å². The number of hydrogen-bond acceptors (Lipinski definition) is 7. The van der Waals surface area contributed by atoms with Crippen molar-refractivity contribution < 1.29 is 23.5 Å². The number of carbonyl (C=O) groups is 2. The van der Waals surface area contributed by atoms with Crippen molar-refractivity contribution in [2.45, 2.75) is 13.1 Å². The van der Waals surface area contributed by atoms with E-state index >= 15 is 0 Å². The molecule has 0 fully saturated rings. The molecule has 10 heteroatoms. The summed E-state index contributed by atoms with van der Waals surface area (Å²) in [5.74, 6) is 0.159. The third-order valence-electron chi connectivity index (χ3n) is 4.13. The van der Waals surface area contributed by atoms with E-state index in [1.54, 1.807) is 51.5 Å². The van der Waals surface area contributed by atoms with E-state index in [0.717, 1.165) is 17.7 Å². The van der Waals surface area contributed by atoms with Crippen LogP contribution in [0.2, 0.25) is 0 Å². The molecule has 2 amide bonds. The Kier molecular flexibility index (Phi) is 6.45. The molecule has 0 bridgehead atoms. The summed E-state index contributed by atoms with van der Waals surface area (Å²) in [5, 5.41) is 0. The van der Waals surface area contributed by atoms with Gasteiger partial charge in [0.15, 0.2) is 5.82 Å². The van der Waals surface area contributed by atoms with Crippen LogP contribution in [0.3, 0.4) is 0 Å². The number of nitrogens with zero attached hydrogens (tertiary/aromatic N) is 2. The second-order valence-electron chi connectivity index (χ2n) is 6.44. The lowest BCUT2D eigenvalue weighted by Crippen LogP contribution is -2.36. The topological polar surface area (TPSA) is 83.1 Å². The minimum atomic E-state index is -0.601. The lowest BCUT2D eigenvalue weighted by atomic mass is 10.1. The molecule has 2 aromatic carbocycles. The Bertz CT molecular complexity index is 925. The molecule has 0 unspecified atom stereocenters. The van der Waals surface area contributed by atoms with Gasteiger partial charge >= 0.3 is 12.2 Å². The molecular formula is C19H21FN4O4S. The molecule has 0 aromatic heterocycles. The van der Waals surface area contributed by atoms with Crippen LogP contribution in [0.15, 0.2) is 36.4 Å². The van der Waals surface area contributed by atoms with Crippen molar-refractivity contribution >= 4 is 30.0 Å². The molecule has 0 saturated heterocycles. The average molecular weight is 420 g/mol. The van der Waals surface area contributed by atoms with Gasteiger partial charge in [-0.2, -0.15) is 0 Å². The Morgan fingerprint density at radius 1 is 1.34 bits per heavy atom. The lowest BCUT2D eigenvalue weighted by Gasteiger charge is -2.28. The van der Waals surface area contributed by atoms with Gasteiger partial charge in [0.05, 0.1) is 18.8 Å². The molecule has 0 aliphatic carbocycles. The van der Waals surface area contributed by atoms with Gasteiger partial charge in [-0.3, -0.25) is 4.90 Å². The minimum absolute atomic E-state index is 0.0568. The van der Waals surface area contributed by atoms with Crippen molar-refractivity contribution in [3.05, 3.63) is 53.3 Å². The summed E-state index contributed by atoms with van der Waals surface area (Å²) in [7, 11) is 4.85. The highest BCUT2D eigenvalue weighted by Crippen LogP contribution is 2.31. The van der Waals surface area contributed by atoms with Crippen molar-refractivity contribution in [3.63, 3.8) is 0 Å². The Morgan fingerprint density at radius 2 is 2.14 bits per heavy atom. The normalized spacial score (nSPS) is 12.8. The van der Waals surface area contributed by atoms with Gasteiger partial charge in [-0.05, 0) is 25.2 Å². The Hall–Kier alpha value is -2.98. The predicted molar refractivity (Wildman–Crippen MR) is 108 cm³/mol. The summed E-state index contributed by atoms with van der Waals surface area (Å²) in [6, 6.07) is 9.78. The maximum absolute atomic E-state index is 14.7. The van der Waals surface area contributed by atoms with Crippen LogP contribution in [0.1, 0.15) is 11.1 Å². The van der Waals surface area contributed by atoms with E-state index in [4.69, 9.17) is 9.47 Å². The van der Waals surface area contributed by atoms with Crippen LogP contribution in [-0.2, 0) is 13.1 Å². The number of benzene rings is 2. The Balaban J connectivity index is 1.74. The predicted octanol–water partition coefficient (Wildman–Crippen LogP) is 3.60. The molecule has 0 radical (unpaired) electrons. The molecule has 1 aliphatic heterocycles. The Morgan fingerprint density at radius 3 is 2.86 bits per heavy atom. The first kappa shape index (κ1) is 20.7. The molecule has 2 N–H and O–H groups in total. The van der Waals surface area contributed by atoms with Crippen LogP contribution in [0.5, 0.6) is 11.5 Å². The summed E-state index contributed by atoms with van der Waals surface area (Å²) < 4.78 is 30.9. The maximum Gasteiger partial charge on any atom is 0.415 e. The first-order valence-electron chi connectivity index (χ1n) is 8.74. The van der Waals surface area contributed by atoms with Crippen molar-refractivity contribution in [1.29, 1.82) is 0 Å². The van der Waals surface area contributed by atoms with Crippen LogP contribution >= 0.6 is 12.1 Å². The molecule has 1 aliphatic rings. The van der Waals surface area contributed by atoms with E-state index in [2.05, 4.69) is 9.44 Å². The van der Waals surface area contributed by atoms with E-state index in [1.807, 2.05) is 0 Å².